The molecule has 92 valence electrons. The van der Waals surface area contributed by atoms with E-state index in [2.05, 4.69) is 10.3 Å². The third-order valence-electron chi connectivity index (χ3n) is 3.00. The van der Waals surface area contributed by atoms with Crippen LogP contribution >= 0.6 is 0 Å². The zero-order chi connectivity index (χ0) is 12.3. The molecule has 2 rings (SSSR count). The highest BCUT2D eigenvalue weighted by Crippen LogP contribution is 2.18. The first-order chi connectivity index (χ1) is 8.15. The number of aryl methyl sites for hydroxylation is 2. The zero-order valence-corrected chi connectivity index (χ0v) is 10.3. The number of ether oxygens (including phenoxy) is 1. The van der Waals surface area contributed by atoms with Crippen molar-refractivity contribution < 1.29 is 9.53 Å². The summed E-state index contributed by atoms with van der Waals surface area (Å²) in [6, 6.07) is 3.81. The third kappa shape index (κ3) is 3.27. The molecule has 0 saturated carbocycles. The predicted molar refractivity (Wildman–Crippen MR) is 65.9 cm³/mol. The van der Waals surface area contributed by atoms with E-state index in [0.717, 1.165) is 30.1 Å². The number of carbonyl (C=O) groups excluding carboxylic acids is 1. The van der Waals surface area contributed by atoms with Crippen molar-refractivity contribution in [2.24, 2.45) is 5.92 Å². The van der Waals surface area contributed by atoms with Gasteiger partial charge in [-0.1, -0.05) is 0 Å². The van der Waals surface area contributed by atoms with E-state index in [9.17, 15) is 4.79 Å². The Bertz CT molecular complexity index is 412. The minimum atomic E-state index is 0.0502. The molecule has 1 amide bonds. The van der Waals surface area contributed by atoms with Gasteiger partial charge in [0.15, 0.2) is 0 Å². The van der Waals surface area contributed by atoms with Gasteiger partial charge >= 0.3 is 0 Å². The molecule has 4 nitrogen and oxygen atoms in total. The lowest BCUT2D eigenvalue weighted by Gasteiger charge is -2.10. The lowest BCUT2D eigenvalue weighted by Crippen LogP contribution is -2.17. The van der Waals surface area contributed by atoms with Gasteiger partial charge in [-0.05, 0) is 38.3 Å². The van der Waals surface area contributed by atoms with Gasteiger partial charge in [0.25, 0.3) is 0 Å². The number of anilines is 1. The Morgan fingerprint density at radius 2 is 2.35 bits per heavy atom. The largest absolute Gasteiger partial charge is 0.381 e. The van der Waals surface area contributed by atoms with Gasteiger partial charge in [-0.2, -0.15) is 0 Å². The van der Waals surface area contributed by atoms with Crippen molar-refractivity contribution in [3.63, 3.8) is 0 Å². The molecule has 0 bridgehead atoms. The van der Waals surface area contributed by atoms with Gasteiger partial charge in [-0.3, -0.25) is 9.78 Å². The van der Waals surface area contributed by atoms with Crippen molar-refractivity contribution in [3.05, 3.63) is 23.5 Å². The Hall–Kier alpha value is -1.42. The summed E-state index contributed by atoms with van der Waals surface area (Å²) >= 11 is 0. The Kier molecular flexibility index (Phi) is 3.74. The number of pyridine rings is 1. The number of aromatic nitrogens is 1. The van der Waals surface area contributed by atoms with Gasteiger partial charge in [-0.25, -0.2) is 0 Å². The summed E-state index contributed by atoms with van der Waals surface area (Å²) in [7, 11) is 0. The SMILES string of the molecule is Cc1ccc(NC(=O)C[C@H]2CCOC2)c(C)n1. The molecule has 0 spiro atoms. The fourth-order valence-electron chi connectivity index (χ4n) is 2.03. The van der Waals surface area contributed by atoms with E-state index in [-0.39, 0.29) is 5.91 Å². The number of hydrogen-bond donors (Lipinski definition) is 1. The normalized spacial score (nSPS) is 19.3. The van der Waals surface area contributed by atoms with E-state index >= 15 is 0 Å². The molecule has 0 aromatic carbocycles. The zero-order valence-electron chi connectivity index (χ0n) is 10.3. The predicted octanol–water partition coefficient (Wildman–Crippen LogP) is 2.06. The lowest BCUT2D eigenvalue weighted by molar-refractivity contribution is -0.117. The average Bonchev–Trinajstić information content (AvgIpc) is 2.75. The van der Waals surface area contributed by atoms with Crippen LogP contribution in [0.25, 0.3) is 0 Å². The maximum absolute atomic E-state index is 11.8. The average molecular weight is 234 g/mol. The van der Waals surface area contributed by atoms with Gasteiger partial charge < -0.3 is 10.1 Å². The van der Waals surface area contributed by atoms with Crippen molar-refractivity contribution in [2.75, 3.05) is 18.5 Å². The van der Waals surface area contributed by atoms with Crippen LogP contribution in [0.5, 0.6) is 0 Å². The minimum absolute atomic E-state index is 0.0502. The highest BCUT2D eigenvalue weighted by Gasteiger charge is 2.19. The molecule has 17 heavy (non-hydrogen) atoms. The second-order valence-corrected chi connectivity index (χ2v) is 4.57. The van der Waals surface area contributed by atoms with Gasteiger partial charge in [0.1, 0.15) is 0 Å². The first kappa shape index (κ1) is 12.0. The van der Waals surface area contributed by atoms with Gasteiger partial charge in [0, 0.05) is 25.3 Å². The molecule has 0 unspecified atom stereocenters. The van der Waals surface area contributed by atoms with E-state index < -0.39 is 0 Å². The van der Waals surface area contributed by atoms with Crippen LogP contribution in [0.3, 0.4) is 0 Å². The van der Waals surface area contributed by atoms with E-state index in [0.29, 0.717) is 18.9 Å². The summed E-state index contributed by atoms with van der Waals surface area (Å²) in [5.41, 5.74) is 2.63. The molecule has 4 heteroatoms. The van der Waals surface area contributed by atoms with Crippen molar-refractivity contribution in [3.8, 4) is 0 Å². The maximum atomic E-state index is 11.8. The van der Waals surface area contributed by atoms with Crippen LogP contribution in [0.1, 0.15) is 24.2 Å². The number of carbonyl (C=O) groups is 1. The molecule has 1 N–H and O–H groups in total. The number of rotatable bonds is 3. The Morgan fingerprint density at radius 3 is 3.00 bits per heavy atom. The van der Waals surface area contributed by atoms with Crippen LogP contribution < -0.4 is 5.32 Å². The van der Waals surface area contributed by atoms with Crippen LogP contribution in [0, 0.1) is 19.8 Å². The fraction of sp³-hybridized carbons (Fsp3) is 0.538. The van der Waals surface area contributed by atoms with Crippen molar-refractivity contribution in [2.45, 2.75) is 26.7 Å². The Balaban J connectivity index is 1.93. The molecular formula is C13H18N2O2. The van der Waals surface area contributed by atoms with Crippen molar-refractivity contribution in [1.29, 1.82) is 0 Å². The second-order valence-electron chi connectivity index (χ2n) is 4.57. The fourth-order valence-corrected chi connectivity index (χ4v) is 2.03. The minimum Gasteiger partial charge on any atom is -0.381 e. The molecule has 1 fully saturated rings. The van der Waals surface area contributed by atoms with E-state index in [1.54, 1.807) is 0 Å². The van der Waals surface area contributed by atoms with Gasteiger partial charge in [0.2, 0.25) is 5.91 Å². The highest BCUT2D eigenvalue weighted by molar-refractivity contribution is 5.91. The van der Waals surface area contributed by atoms with E-state index in [4.69, 9.17) is 4.74 Å². The summed E-state index contributed by atoms with van der Waals surface area (Å²) in [4.78, 5) is 16.1. The van der Waals surface area contributed by atoms with Gasteiger partial charge in [0.05, 0.1) is 11.4 Å². The number of hydrogen-bond acceptors (Lipinski definition) is 3. The molecule has 1 aromatic heterocycles. The number of nitrogens with zero attached hydrogens (tertiary/aromatic N) is 1. The first-order valence-electron chi connectivity index (χ1n) is 5.97. The molecule has 1 aromatic rings. The highest BCUT2D eigenvalue weighted by atomic mass is 16.5. The lowest BCUT2D eigenvalue weighted by atomic mass is 10.0. The summed E-state index contributed by atoms with van der Waals surface area (Å²) in [6.45, 7) is 5.33. The van der Waals surface area contributed by atoms with Crippen LogP contribution in [0.15, 0.2) is 12.1 Å². The second kappa shape index (κ2) is 5.27. The third-order valence-corrected chi connectivity index (χ3v) is 3.00. The summed E-state index contributed by atoms with van der Waals surface area (Å²) in [5.74, 6) is 0.419. The first-order valence-corrected chi connectivity index (χ1v) is 5.97. The summed E-state index contributed by atoms with van der Waals surface area (Å²) < 4.78 is 5.26. The monoisotopic (exact) mass is 234 g/mol. The summed E-state index contributed by atoms with van der Waals surface area (Å²) in [5, 5.41) is 2.91. The molecule has 1 aliphatic heterocycles. The summed E-state index contributed by atoms with van der Waals surface area (Å²) in [6.07, 6.45) is 1.52. The molecule has 0 aliphatic carbocycles. The smallest absolute Gasteiger partial charge is 0.224 e. The van der Waals surface area contributed by atoms with E-state index in [1.807, 2.05) is 26.0 Å². The molecule has 2 heterocycles. The Morgan fingerprint density at radius 1 is 1.53 bits per heavy atom. The number of amides is 1. The topological polar surface area (TPSA) is 51.2 Å². The van der Waals surface area contributed by atoms with Gasteiger partial charge in [-0.15, -0.1) is 0 Å². The van der Waals surface area contributed by atoms with E-state index in [1.165, 1.54) is 0 Å². The molecule has 1 saturated heterocycles. The van der Waals surface area contributed by atoms with Crippen LogP contribution in [-0.4, -0.2) is 24.1 Å². The molecule has 1 aliphatic rings. The molecular weight excluding hydrogens is 216 g/mol. The standard InChI is InChI=1S/C13H18N2O2/c1-9-3-4-12(10(2)14-9)15-13(16)7-11-5-6-17-8-11/h3-4,11H,5-8H2,1-2H3,(H,15,16)/t11-/m1/s1. The number of nitrogens with one attached hydrogen (secondary N) is 1. The van der Waals surface area contributed by atoms with Crippen molar-refractivity contribution in [1.82, 2.24) is 4.98 Å². The Labute approximate surface area is 101 Å². The molecule has 1 atom stereocenters. The van der Waals surface area contributed by atoms with Crippen LogP contribution in [-0.2, 0) is 9.53 Å². The van der Waals surface area contributed by atoms with Crippen LogP contribution in [0.4, 0.5) is 5.69 Å². The maximum Gasteiger partial charge on any atom is 0.224 e. The molecule has 0 radical (unpaired) electrons. The van der Waals surface area contributed by atoms with Crippen LogP contribution in [0.2, 0.25) is 0 Å². The van der Waals surface area contributed by atoms with Crippen molar-refractivity contribution >= 4 is 11.6 Å². The quantitative estimate of drug-likeness (QED) is 0.871.